The van der Waals surface area contributed by atoms with Crippen LogP contribution in [0.4, 0.5) is 0 Å². The van der Waals surface area contributed by atoms with E-state index < -0.39 is 0 Å². The zero-order chi connectivity index (χ0) is 10.2. The molecule has 0 fully saturated rings. The Hall–Kier alpha value is -0.870. The number of nitrogens with zero attached hydrogens (tertiary/aromatic N) is 2. The highest BCUT2D eigenvalue weighted by Crippen LogP contribution is 2.06. The van der Waals surface area contributed by atoms with Crippen LogP contribution in [-0.4, -0.2) is 29.7 Å². The summed E-state index contributed by atoms with van der Waals surface area (Å²) in [6, 6.07) is 0.368. The minimum absolute atomic E-state index is 0.368. The van der Waals surface area contributed by atoms with Crippen molar-refractivity contribution in [3.8, 4) is 6.01 Å². The largest absolute Gasteiger partial charge is 0.462 e. The molecule has 0 aliphatic rings. The second-order valence-electron chi connectivity index (χ2n) is 2.78. The van der Waals surface area contributed by atoms with Crippen LogP contribution in [0.3, 0.4) is 0 Å². The van der Waals surface area contributed by atoms with Crippen LogP contribution in [0.5, 0.6) is 6.01 Å². The first-order chi connectivity index (χ1) is 6.83. The van der Waals surface area contributed by atoms with Gasteiger partial charge in [-0.3, -0.25) is 0 Å². The van der Waals surface area contributed by atoms with Gasteiger partial charge in [0, 0.05) is 6.54 Å². The lowest BCUT2D eigenvalue weighted by molar-refractivity contribution is 0.290. The van der Waals surface area contributed by atoms with Gasteiger partial charge in [0.2, 0.25) is 0 Å². The van der Waals surface area contributed by atoms with E-state index in [0.717, 1.165) is 19.5 Å². The van der Waals surface area contributed by atoms with Crippen molar-refractivity contribution in [2.24, 2.45) is 0 Å². The molecule has 0 amide bonds. The predicted molar refractivity (Wildman–Crippen MR) is 55.7 cm³/mol. The number of hydrogen-bond acceptors (Lipinski definition) is 4. The molecule has 0 bridgehead atoms. The maximum absolute atomic E-state index is 5.62. The smallest absolute Gasteiger partial charge is 0.316 e. The molecule has 0 radical (unpaired) electrons. The van der Waals surface area contributed by atoms with E-state index in [0.29, 0.717) is 17.6 Å². The predicted octanol–water partition coefficient (Wildman–Crippen LogP) is 1.51. The van der Waals surface area contributed by atoms with Gasteiger partial charge in [-0.15, -0.1) is 0 Å². The van der Waals surface area contributed by atoms with E-state index >= 15 is 0 Å². The van der Waals surface area contributed by atoms with Crippen LogP contribution in [-0.2, 0) is 0 Å². The van der Waals surface area contributed by atoms with Crippen molar-refractivity contribution in [1.29, 1.82) is 0 Å². The normalized spacial score (nSPS) is 10.1. The molecule has 78 valence electrons. The standard InChI is InChI=1S/C9H14ClN3O/c1-2-3-11-4-5-14-9-12-6-8(10)7-13-9/h6-7,11H,2-5H2,1H3. The SMILES string of the molecule is CCCNCCOc1ncc(Cl)cn1. The molecule has 4 nitrogen and oxygen atoms in total. The van der Waals surface area contributed by atoms with Crippen molar-refractivity contribution >= 4 is 11.6 Å². The van der Waals surface area contributed by atoms with Gasteiger partial charge < -0.3 is 10.1 Å². The van der Waals surface area contributed by atoms with Crippen LogP contribution in [0.25, 0.3) is 0 Å². The van der Waals surface area contributed by atoms with Gasteiger partial charge in [0.1, 0.15) is 6.61 Å². The van der Waals surface area contributed by atoms with Gasteiger partial charge in [-0.2, -0.15) is 0 Å². The van der Waals surface area contributed by atoms with E-state index in [9.17, 15) is 0 Å². The van der Waals surface area contributed by atoms with Crippen molar-refractivity contribution in [3.63, 3.8) is 0 Å². The number of nitrogens with one attached hydrogen (secondary N) is 1. The highest BCUT2D eigenvalue weighted by molar-refractivity contribution is 6.30. The fraction of sp³-hybridized carbons (Fsp3) is 0.556. The third-order valence-electron chi connectivity index (χ3n) is 1.53. The zero-order valence-electron chi connectivity index (χ0n) is 8.16. The summed E-state index contributed by atoms with van der Waals surface area (Å²) in [5.74, 6) is 0. The fourth-order valence-corrected chi connectivity index (χ4v) is 0.989. The summed E-state index contributed by atoms with van der Waals surface area (Å²) >= 11 is 5.62. The van der Waals surface area contributed by atoms with E-state index in [-0.39, 0.29) is 0 Å². The molecule has 1 N–H and O–H groups in total. The van der Waals surface area contributed by atoms with Gasteiger partial charge in [-0.25, -0.2) is 9.97 Å². The lowest BCUT2D eigenvalue weighted by atomic mass is 10.5. The molecule has 1 rings (SSSR count). The summed E-state index contributed by atoms with van der Waals surface area (Å²) in [5.41, 5.74) is 0. The maximum Gasteiger partial charge on any atom is 0.316 e. The molecular weight excluding hydrogens is 202 g/mol. The van der Waals surface area contributed by atoms with Gasteiger partial charge in [-0.1, -0.05) is 18.5 Å². The molecule has 0 saturated heterocycles. The van der Waals surface area contributed by atoms with Gasteiger partial charge in [0.15, 0.2) is 0 Å². The van der Waals surface area contributed by atoms with Gasteiger partial charge >= 0.3 is 6.01 Å². The summed E-state index contributed by atoms with van der Waals surface area (Å²) in [5, 5.41) is 3.73. The molecule has 0 aliphatic carbocycles. The quantitative estimate of drug-likeness (QED) is 0.731. The Kier molecular flexibility index (Phi) is 5.25. The Morgan fingerprint density at radius 2 is 2.07 bits per heavy atom. The highest BCUT2D eigenvalue weighted by atomic mass is 35.5. The maximum atomic E-state index is 5.62. The average Bonchev–Trinajstić information content (AvgIpc) is 2.21. The van der Waals surface area contributed by atoms with Crippen LogP contribution in [0.2, 0.25) is 5.02 Å². The Morgan fingerprint density at radius 1 is 1.36 bits per heavy atom. The number of hydrogen-bond donors (Lipinski definition) is 1. The molecule has 5 heteroatoms. The second-order valence-corrected chi connectivity index (χ2v) is 3.22. The number of ether oxygens (including phenoxy) is 1. The molecule has 0 atom stereocenters. The van der Waals surface area contributed by atoms with E-state index in [1.807, 2.05) is 0 Å². The fourth-order valence-electron chi connectivity index (χ4n) is 0.891. The molecule has 1 aromatic heterocycles. The van der Waals surface area contributed by atoms with E-state index in [1.54, 1.807) is 0 Å². The van der Waals surface area contributed by atoms with Gasteiger partial charge in [-0.05, 0) is 13.0 Å². The van der Waals surface area contributed by atoms with E-state index in [4.69, 9.17) is 16.3 Å². The second kappa shape index (κ2) is 6.56. The van der Waals surface area contributed by atoms with Crippen molar-refractivity contribution in [2.45, 2.75) is 13.3 Å². The lowest BCUT2D eigenvalue weighted by Gasteiger charge is -2.04. The van der Waals surface area contributed by atoms with Crippen LogP contribution in [0.15, 0.2) is 12.4 Å². The molecule has 0 aliphatic heterocycles. The molecule has 0 unspecified atom stereocenters. The molecule has 1 aromatic rings. The van der Waals surface area contributed by atoms with Crippen molar-refractivity contribution in [1.82, 2.24) is 15.3 Å². The molecule has 14 heavy (non-hydrogen) atoms. The monoisotopic (exact) mass is 215 g/mol. The summed E-state index contributed by atoms with van der Waals surface area (Å²) in [7, 11) is 0. The van der Waals surface area contributed by atoms with Crippen LogP contribution in [0.1, 0.15) is 13.3 Å². The minimum Gasteiger partial charge on any atom is -0.462 e. The van der Waals surface area contributed by atoms with Gasteiger partial charge in [0.25, 0.3) is 0 Å². The third kappa shape index (κ3) is 4.39. The number of rotatable bonds is 6. The van der Waals surface area contributed by atoms with E-state index in [1.165, 1.54) is 12.4 Å². The van der Waals surface area contributed by atoms with Crippen molar-refractivity contribution < 1.29 is 4.74 Å². The Bertz CT molecular complexity index is 253. The first kappa shape index (κ1) is 11.2. The Balaban J connectivity index is 2.15. The summed E-state index contributed by atoms with van der Waals surface area (Å²) in [6.07, 6.45) is 4.16. The summed E-state index contributed by atoms with van der Waals surface area (Å²) in [6.45, 7) is 4.50. The van der Waals surface area contributed by atoms with Crippen LogP contribution in [0, 0.1) is 0 Å². The van der Waals surface area contributed by atoms with Crippen molar-refractivity contribution in [2.75, 3.05) is 19.7 Å². The van der Waals surface area contributed by atoms with E-state index in [2.05, 4.69) is 22.2 Å². The first-order valence-corrected chi connectivity index (χ1v) is 5.01. The first-order valence-electron chi connectivity index (χ1n) is 4.64. The van der Waals surface area contributed by atoms with Crippen LogP contribution < -0.4 is 10.1 Å². The third-order valence-corrected chi connectivity index (χ3v) is 1.73. The number of aromatic nitrogens is 2. The average molecular weight is 216 g/mol. The Labute approximate surface area is 88.7 Å². The Morgan fingerprint density at radius 3 is 2.71 bits per heavy atom. The topological polar surface area (TPSA) is 47.0 Å². The minimum atomic E-state index is 0.368. The molecular formula is C9H14ClN3O. The molecule has 0 spiro atoms. The van der Waals surface area contributed by atoms with Crippen molar-refractivity contribution in [3.05, 3.63) is 17.4 Å². The highest BCUT2D eigenvalue weighted by Gasteiger charge is 1.95. The zero-order valence-corrected chi connectivity index (χ0v) is 8.92. The number of halogens is 1. The molecule has 0 saturated carbocycles. The molecule has 0 aromatic carbocycles. The lowest BCUT2D eigenvalue weighted by Crippen LogP contribution is -2.22. The molecule has 1 heterocycles. The summed E-state index contributed by atoms with van der Waals surface area (Å²) < 4.78 is 5.26. The van der Waals surface area contributed by atoms with Crippen LogP contribution >= 0.6 is 11.6 Å². The van der Waals surface area contributed by atoms with Gasteiger partial charge in [0.05, 0.1) is 17.4 Å². The summed E-state index contributed by atoms with van der Waals surface area (Å²) in [4.78, 5) is 7.81.